The number of aromatic nitrogens is 8. The van der Waals surface area contributed by atoms with Crippen LogP contribution in [0.5, 0.6) is 0 Å². The third-order valence-electron chi connectivity index (χ3n) is 11.8. The quantitative estimate of drug-likeness (QED) is 0.0277. The molecular weight excluding hydrogens is 1100 g/mol. The minimum atomic E-state index is -1.15. The number of pyridine rings is 4. The number of methoxy groups -OCH3 is 2. The lowest BCUT2D eigenvalue weighted by Crippen LogP contribution is -2.44. The number of rotatable bonds is 21. The van der Waals surface area contributed by atoms with Crippen molar-refractivity contribution in [3.8, 4) is 0 Å². The monoisotopic (exact) mass is 1160 g/mol. The summed E-state index contributed by atoms with van der Waals surface area (Å²) in [7, 11) is 8.70. The molecule has 6 aromatic rings. The van der Waals surface area contributed by atoms with Gasteiger partial charge in [0.15, 0.2) is 23.5 Å². The molecule has 8 N–H and O–H groups in total. The summed E-state index contributed by atoms with van der Waals surface area (Å²) in [5.74, 6) is -4.27. The molecule has 6 rings (SSSR count). The highest BCUT2D eigenvalue weighted by Gasteiger charge is 2.24. The summed E-state index contributed by atoms with van der Waals surface area (Å²) >= 11 is 0. The summed E-state index contributed by atoms with van der Waals surface area (Å²) in [5.41, 5.74) is 5.93. The summed E-state index contributed by atoms with van der Waals surface area (Å²) in [6.45, 7) is 7.46. The number of carboxylic acid groups (broad SMARTS) is 1. The van der Waals surface area contributed by atoms with Crippen molar-refractivity contribution in [1.29, 1.82) is 0 Å². The van der Waals surface area contributed by atoms with Crippen LogP contribution in [0.2, 0.25) is 0 Å². The smallest absolute Gasteiger partial charge is 0.407 e. The zero-order chi connectivity index (χ0) is 61.8. The number of aliphatic carboxylic acids is 1. The molecule has 0 aliphatic heterocycles. The first-order chi connectivity index (χ1) is 39.1. The number of carbonyl (C=O) groups excluding carboxylic acids is 5. The molecule has 5 amide bonds. The molecule has 83 heavy (non-hydrogen) atoms. The van der Waals surface area contributed by atoms with Crippen molar-refractivity contribution < 1.29 is 60.9 Å². The van der Waals surface area contributed by atoms with Crippen molar-refractivity contribution in [2.45, 2.75) is 91.4 Å². The highest BCUT2D eigenvalue weighted by molar-refractivity contribution is 5.96. The van der Waals surface area contributed by atoms with Gasteiger partial charge >= 0.3 is 18.2 Å². The summed E-state index contributed by atoms with van der Waals surface area (Å²) in [5, 5.41) is 15.8. The van der Waals surface area contributed by atoms with Gasteiger partial charge in [0.25, 0.3) is 11.1 Å². The van der Waals surface area contributed by atoms with Crippen molar-refractivity contribution in [2.75, 3.05) is 53.5 Å². The van der Waals surface area contributed by atoms with Crippen LogP contribution in [-0.2, 0) is 54.6 Å². The third-order valence-corrected chi connectivity index (χ3v) is 11.8. The van der Waals surface area contributed by atoms with Crippen molar-refractivity contribution in [1.82, 2.24) is 59.5 Å². The Hall–Kier alpha value is -9.44. The van der Waals surface area contributed by atoms with Crippen LogP contribution in [0.1, 0.15) is 76.4 Å². The van der Waals surface area contributed by atoms with Crippen molar-refractivity contribution in [3.63, 3.8) is 0 Å². The number of aromatic amines is 2. The van der Waals surface area contributed by atoms with Crippen LogP contribution in [0.15, 0.2) is 70.6 Å². The van der Waals surface area contributed by atoms with Gasteiger partial charge in [0.1, 0.15) is 40.5 Å². The molecule has 0 radical (unpaired) electrons. The first-order valence-corrected chi connectivity index (χ1v) is 25.7. The number of halogens is 4. The number of nitrogens with two attached hydrogens (primary N) is 1. The van der Waals surface area contributed by atoms with E-state index in [0.29, 0.717) is 47.6 Å². The number of fused-ring (bicyclic) bond motifs is 2. The second-order valence-corrected chi connectivity index (χ2v) is 19.7. The van der Waals surface area contributed by atoms with Gasteiger partial charge in [-0.05, 0) is 86.8 Å². The number of alkyl carbamates (subject to hydrolysis) is 2. The number of amides is 5. The molecule has 25 nitrogen and oxygen atoms in total. The van der Waals surface area contributed by atoms with E-state index in [2.05, 4.69) is 55.3 Å². The lowest BCUT2D eigenvalue weighted by atomic mass is 10.1. The number of likely N-dealkylation sites (N-methyl/N-ethyl adjacent to an activating group) is 2. The Balaban J connectivity index is 0.000000297. The van der Waals surface area contributed by atoms with Crippen LogP contribution >= 0.6 is 0 Å². The average Bonchev–Trinajstić information content (AvgIpc) is 4.22. The third kappa shape index (κ3) is 19.4. The maximum absolute atomic E-state index is 14.8. The summed E-state index contributed by atoms with van der Waals surface area (Å²) < 4.78 is 67.5. The number of hydrogen-bond acceptors (Lipinski definition) is 15. The van der Waals surface area contributed by atoms with Gasteiger partial charge in [0.2, 0.25) is 17.7 Å². The average molecular weight is 1170 g/mol. The van der Waals surface area contributed by atoms with Gasteiger partial charge in [-0.15, -0.1) is 0 Å². The molecule has 0 aliphatic rings. The van der Waals surface area contributed by atoms with E-state index in [1.807, 2.05) is 27.7 Å². The van der Waals surface area contributed by atoms with Gasteiger partial charge in [-0.2, -0.15) is 8.78 Å². The van der Waals surface area contributed by atoms with Crippen molar-refractivity contribution in [2.24, 2.45) is 11.8 Å². The molecule has 0 bridgehead atoms. The maximum atomic E-state index is 14.8. The minimum Gasteiger partial charge on any atom is -0.480 e. The number of ether oxygens (including phenoxy) is 2. The van der Waals surface area contributed by atoms with Gasteiger partial charge in [0.05, 0.1) is 67.8 Å². The van der Waals surface area contributed by atoms with Crippen LogP contribution in [0, 0.1) is 35.4 Å². The zero-order valence-corrected chi connectivity index (χ0v) is 47.4. The predicted octanol–water partition coefficient (Wildman–Crippen LogP) is 5.18. The fourth-order valence-electron chi connectivity index (χ4n) is 7.52. The number of H-pyrrole nitrogens is 2. The van der Waals surface area contributed by atoms with E-state index in [9.17, 15) is 55.9 Å². The van der Waals surface area contributed by atoms with E-state index in [-0.39, 0.29) is 84.1 Å². The van der Waals surface area contributed by atoms with Crippen molar-refractivity contribution >= 4 is 69.3 Å². The maximum Gasteiger partial charge on any atom is 0.407 e. The van der Waals surface area contributed by atoms with Crippen LogP contribution in [0.25, 0.3) is 22.1 Å². The topological polar surface area (TPSA) is 337 Å². The second kappa shape index (κ2) is 31.0. The fraction of sp³-hybridized carbons (Fsp3) is 0.407. The van der Waals surface area contributed by atoms with Crippen LogP contribution in [-0.4, -0.2) is 144 Å². The minimum absolute atomic E-state index is 0.0293. The number of anilines is 2. The van der Waals surface area contributed by atoms with Gasteiger partial charge in [-0.3, -0.25) is 43.1 Å². The number of carboxylic acids is 1. The Labute approximate surface area is 473 Å². The van der Waals surface area contributed by atoms with Crippen molar-refractivity contribution in [3.05, 3.63) is 128 Å². The van der Waals surface area contributed by atoms with Crippen LogP contribution in [0.3, 0.4) is 0 Å². The Morgan fingerprint density at radius 3 is 1.52 bits per heavy atom. The lowest BCUT2D eigenvalue weighted by Gasteiger charge is -2.17. The predicted molar refractivity (Wildman–Crippen MR) is 298 cm³/mol. The first kappa shape index (κ1) is 66.1. The fourth-order valence-corrected chi connectivity index (χ4v) is 7.52. The van der Waals surface area contributed by atoms with Gasteiger partial charge < -0.3 is 56.0 Å². The molecule has 0 saturated carbocycles. The number of hydrogen-bond donors (Lipinski definition) is 7. The number of nitrogens with one attached hydrogen (secondary N) is 5. The van der Waals surface area contributed by atoms with Gasteiger partial charge in [0, 0.05) is 28.2 Å². The highest BCUT2D eigenvalue weighted by Crippen LogP contribution is 2.23. The summed E-state index contributed by atoms with van der Waals surface area (Å²) in [4.78, 5) is 120. The van der Waals surface area contributed by atoms with Crippen LogP contribution in [0.4, 0.5) is 38.5 Å². The zero-order valence-electron chi connectivity index (χ0n) is 47.4. The standard InChI is InChI=1S/C27H33F2N7O5.C16H17F2N5O.C11H18N2O5/c1-15(2)12-19-24-23(16(28)13-30-19)33-21(34-24)14-36-20(29)11-10-18(26(36)39)31-25(38)17(32-27(40)41-5)8-6-7-9-22(37)35(3)4;1-8(2)5-11-15-14(9(17)6-20-11)21-13(22-15)7-23-12(18)4-3-10(19)16(23)24;1-13(2)9(14)7-5-4-6-8(10(15)16)12-11(17)18-3/h7,9-11,13,15,17H,6,8,12,14H2,1-5H3,(H,31,38)(H,32,40)(H,33,34);3-4,6,8H,5,7,19H2,1-2H3,(H,21,22);5,7-8H,4,6H2,1-3H3,(H,12,17)(H,15,16)/b9-7+;;7-5+/t17-;;8-/m0.0/s1. The Bertz CT molecular complexity index is 3460. The Morgan fingerprint density at radius 1 is 0.675 bits per heavy atom. The van der Waals surface area contributed by atoms with Crippen LogP contribution < -0.4 is 32.8 Å². The number of allylic oxidation sites excluding steroid dienone is 2. The van der Waals surface area contributed by atoms with Gasteiger partial charge in [-0.25, -0.2) is 33.1 Å². The largest absolute Gasteiger partial charge is 0.480 e. The molecule has 0 aromatic carbocycles. The Morgan fingerprint density at radius 2 is 1.10 bits per heavy atom. The Kier molecular flexibility index (Phi) is 24.6. The summed E-state index contributed by atoms with van der Waals surface area (Å²) in [6, 6.07) is 2.23. The number of carbonyl (C=O) groups is 6. The highest BCUT2D eigenvalue weighted by atomic mass is 19.1. The molecule has 6 heterocycles. The normalized spacial score (nSPS) is 11.9. The molecule has 29 heteroatoms. The molecule has 0 spiro atoms. The number of nitrogen functional groups attached to an aromatic ring is 1. The molecule has 0 saturated heterocycles. The summed E-state index contributed by atoms with van der Waals surface area (Å²) in [6.07, 6.45) is 8.38. The number of imidazole rings is 2. The molecule has 0 aliphatic carbocycles. The van der Waals surface area contributed by atoms with E-state index in [0.717, 1.165) is 53.9 Å². The molecule has 6 aromatic heterocycles. The second-order valence-electron chi connectivity index (χ2n) is 19.7. The SMILES string of the molecule is CC(C)Cc1ncc(F)c2nc(Cn3c(F)ccc(N)c3=O)[nH]c12.COC(=O)N[C@@H](CC/C=C/C(=O)N(C)C)C(=O)Nc1ccc(F)n(Cc2nc3c(F)cnc(CC(C)C)c3[nH]2)c1=O.COC(=O)N[C@@H](CC/C=C/C(=O)N(C)C)C(=O)O. The van der Waals surface area contributed by atoms with E-state index < -0.39 is 70.8 Å². The molecule has 0 unspecified atom stereocenters. The molecule has 0 fully saturated rings. The molecule has 448 valence electrons. The lowest BCUT2D eigenvalue weighted by molar-refractivity contribution is -0.139. The van der Waals surface area contributed by atoms with E-state index in [4.69, 9.17) is 10.8 Å². The van der Waals surface area contributed by atoms with Gasteiger partial charge in [-0.1, -0.05) is 39.8 Å². The number of nitrogens with zero attached hydrogens (tertiary/aromatic N) is 8. The van der Waals surface area contributed by atoms with E-state index in [1.54, 1.807) is 40.3 Å². The molecular formula is C54H68F4N14O11. The molecule has 2 atom stereocenters. The van der Waals surface area contributed by atoms with E-state index in [1.165, 1.54) is 28.0 Å². The first-order valence-electron chi connectivity index (χ1n) is 25.7. The van der Waals surface area contributed by atoms with E-state index >= 15 is 0 Å².